The molecule has 0 aliphatic carbocycles. The molecular formula is C18H17N3O2. The van der Waals surface area contributed by atoms with Crippen LogP contribution in [0.4, 0.5) is 0 Å². The number of hydrogen-bond acceptors (Lipinski definition) is 4. The Kier molecular flexibility index (Phi) is 4.47. The lowest BCUT2D eigenvalue weighted by Gasteiger charge is -2.05. The molecule has 3 rings (SSSR count). The molecule has 0 fully saturated rings. The molecule has 0 unspecified atom stereocenters. The maximum Gasteiger partial charge on any atom is 0.153 e. The predicted molar refractivity (Wildman–Crippen MR) is 86.5 cm³/mol. The molecule has 0 radical (unpaired) electrons. The normalized spacial score (nSPS) is 10.5. The number of aryl methyl sites for hydroxylation is 1. The molecular weight excluding hydrogens is 290 g/mol. The summed E-state index contributed by atoms with van der Waals surface area (Å²) < 4.78 is 7.42. The number of hydrogen-bond donors (Lipinski definition) is 0. The van der Waals surface area contributed by atoms with Gasteiger partial charge in [-0.3, -0.25) is 4.79 Å². The molecule has 0 atom stereocenters. The summed E-state index contributed by atoms with van der Waals surface area (Å²) in [5, 5.41) is 8.21. The maximum absolute atomic E-state index is 11.0. The van der Waals surface area contributed by atoms with E-state index in [0.29, 0.717) is 17.9 Å². The van der Waals surface area contributed by atoms with Gasteiger partial charge in [0.25, 0.3) is 0 Å². The van der Waals surface area contributed by atoms with Crippen LogP contribution in [0.3, 0.4) is 0 Å². The first-order valence-electron chi connectivity index (χ1n) is 7.36. The van der Waals surface area contributed by atoms with Gasteiger partial charge in [-0.05, 0) is 24.6 Å². The van der Waals surface area contributed by atoms with E-state index in [0.717, 1.165) is 12.0 Å². The van der Waals surface area contributed by atoms with Crippen LogP contribution in [-0.4, -0.2) is 21.3 Å². The van der Waals surface area contributed by atoms with E-state index in [9.17, 15) is 4.79 Å². The second-order valence-corrected chi connectivity index (χ2v) is 5.34. The second kappa shape index (κ2) is 6.87. The number of rotatable bonds is 6. The average Bonchev–Trinajstić information content (AvgIpc) is 3.03. The van der Waals surface area contributed by atoms with E-state index in [1.54, 1.807) is 22.9 Å². The Morgan fingerprint density at radius 1 is 1.13 bits per heavy atom. The number of nitrogens with zero attached hydrogens (tertiary/aromatic N) is 3. The van der Waals surface area contributed by atoms with Crippen molar-refractivity contribution < 1.29 is 9.53 Å². The maximum atomic E-state index is 11.0. The van der Waals surface area contributed by atoms with Gasteiger partial charge in [-0.25, -0.2) is 4.68 Å². The van der Waals surface area contributed by atoms with Crippen molar-refractivity contribution in [3.8, 4) is 5.75 Å². The van der Waals surface area contributed by atoms with Crippen LogP contribution in [0.1, 0.15) is 27.2 Å². The van der Waals surface area contributed by atoms with Gasteiger partial charge < -0.3 is 4.74 Å². The molecule has 0 spiro atoms. The largest absolute Gasteiger partial charge is 0.486 e. The van der Waals surface area contributed by atoms with Crippen molar-refractivity contribution in [3.05, 3.63) is 77.1 Å². The highest BCUT2D eigenvalue weighted by atomic mass is 16.5. The number of aromatic nitrogens is 3. The van der Waals surface area contributed by atoms with Crippen LogP contribution in [0.2, 0.25) is 0 Å². The van der Waals surface area contributed by atoms with E-state index in [-0.39, 0.29) is 6.61 Å². The lowest BCUT2D eigenvalue weighted by molar-refractivity contribution is 0.111. The highest BCUT2D eigenvalue weighted by Gasteiger charge is 2.05. The molecule has 1 aromatic heterocycles. The summed E-state index contributed by atoms with van der Waals surface area (Å²) in [4.78, 5) is 11.0. The number of carbonyl (C=O) groups excluding carboxylic acids is 1. The van der Waals surface area contributed by atoms with E-state index in [1.807, 2.05) is 12.3 Å². The van der Waals surface area contributed by atoms with Gasteiger partial charge in [0.2, 0.25) is 0 Å². The Morgan fingerprint density at radius 3 is 2.70 bits per heavy atom. The van der Waals surface area contributed by atoms with Crippen molar-refractivity contribution in [2.75, 3.05) is 0 Å². The van der Waals surface area contributed by atoms with Gasteiger partial charge in [0.1, 0.15) is 18.1 Å². The molecule has 1 heterocycles. The van der Waals surface area contributed by atoms with Crippen molar-refractivity contribution in [3.63, 3.8) is 0 Å². The molecule has 0 N–H and O–H groups in total. The Bertz CT molecular complexity index is 794. The Labute approximate surface area is 134 Å². The molecule has 5 nitrogen and oxygen atoms in total. The Morgan fingerprint density at radius 2 is 1.91 bits per heavy atom. The molecule has 23 heavy (non-hydrogen) atoms. The summed E-state index contributed by atoms with van der Waals surface area (Å²) in [6.07, 6.45) is 2.63. The van der Waals surface area contributed by atoms with Crippen LogP contribution in [0, 0.1) is 6.92 Å². The fourth-order valence-corrected chi connectivity index (χ4v) is 2.22. The van der Waals surface area contributed by atoms with Crippen molar-refractivity contribution in [1.29, 1.82) is 0 Å². The van der Waals surface area contributed by atoms with E-state index in [4.69, 9.17) is 4.74 Å². The SMILES string of the molecule is Cc1ccc(Cn2cc(COc3ccccc3C=O)nn2)cc1. The van der Waals surface area contributed by atoms with Crippen molar-refractivity contribution in [1.82, 2.24) is 15.0 Å². The van der Waals surface area contributed by atoms with Gasteiger partial charge >= 0.3 is 0 Å². The van der Waals surface area contributed by atoms with Crippen LogP contribution in [0.25, 0.3) is 0 Å². The molecule has 3 aromatic rings. The van der Waals surface area contributed by atoms with Gasteiger partial charge in [0.05, 0.1) is 18.3 Å². The molecule has 0 aliphatic heterocycles. The lowest BCUT2D eigenvalue weighted by Crippen LogP contribution is -2.00. The number of aldehydes is 1. The standard InChI is InChI=1S/C18H17N3O2/c1-14-6-8-15(9-7-14)10-21-11-17(19-20-21)13-23-18-5-3-2-4-16(18)12-22/h2-9,11-12H,10,13H2,1H3. The van der Waals surface area contributed by atoms with Crippen LogP contribution in [-0.2, 0) is 13.2 Å². The highest BCUT2D eigenvalue weighted by molar-refractivity contribution is 5.79. The van der Waals surface area contributed by atoms with Crippen LogP contribution in [0.5, 0.6) is 5.75 Å². The molecule has 116 valence electrons. The fraction of sp³-hybridized carbons (Fsp3) is 0.167. The fourth-order valence-electron chi connectivity index (χ4n) is 2.22. The van der Waals surface area contributed by atoms with Gasteiger partial charge in [0.15, 0.2) is 6.29 Å². The summed E-state index contributed by atoms with van der Waals surface area (Å²) in [5.41, 5.74) is 3.65. The zero-order chi connectivity index (χ0) is 16.1. The average molecular weight is 307 g/mol. The van der Waals surface area contributed by atoms with E-state index in [1.165, 1.54) is 11.1 Å². The summed E-state index contributed by atoms with van der Waals surface area (Å²) in [6.45, 7) is 3.00. The number of carbonyl (C=O) groups is 1. The van der Waals surface area contributed by atoms with Gasteiger partial charge in [0, 0.05) is 0 Å². The second-order valence-electron chi connectivity index (χ2n) is 5.34. The third-order valence-corrected chi connectivity index (χ3v) is 3.47. The molecule has 5 heteroatoms. The highest BCUT2D eigenvalue weighted by Crippen LogP contribution is 2.16. The zero-order valence-corrected chi connectivity index (χ0v) is 12.8. The third kappa shape index (κ3) is 3.83. The summed E-state index contributed by atoms with van der Waals surface area (Å²) in [6, 6.07) is 15.4. The Hall–Kier alpha value is -2.95. The third-order valence-electron chi connectivity index (χ3n) is 3.47. The summed E-state index contributed by atoms with van der Waals surface area (Å²) >= 11 is 0. The van der Waals surface area contributed by atoms with E-state index >= 15 is 0 Å². The monoisotopic (exact) mass is 307 g/mol. The topological polar surface area (TPSA) is 57.0 Å². The predicted octanol–water partition coefficient (Wildman–Crippen LogP) is 3.03. The van der Waals surface area contributed by atoms with Crippen LogP contribution in [0.15, 0.2) is 54.7 Å². The van der Waals surface area contributed by atoms with Crippen molar-refractivity contribution in [2.24, 2.45) is 0 Å². The lowest BCUT2D eigenvalue weighted by atomic mass is 10.1. The van der Waals surface area contributed by atoms with Crippen molar-refractivity contribution >= 4 is 6.29 Å². The zero-order valence-electron chi connectivity index (χ0n) is 12.8. The number of benzene rings is 2. The summed E-state index contributed by atoms with van der Waals surface area (Å²) in [5.74, 6) is 0.551. The quantitative estimate of drug-likeness (QED) is 0.657. The Balaban J connectivity index is 1.63. The molecule has 0 saturated heterocycles. The van der Waals surface area contributed by atoms with Crippen molar-refractivity contribution in [2.45, 2.75) is 20.1 Å². The minimum Gasteiger partial charge on any atom is -0.486 e. The van der Waals surface area contributed by atoms with Crippen LogP contribution >= 0.6 is 0 Å². The van der Waals surface area contributed by atoms with Gasteiger partial charge in [-0.2, -0.15) is 0 Å². The molecule has 0 saturated carbocycles. The first kappa shape index (κ1) is 15.0. The van der Waals surface area contributed by atoms with E-state index in [2.05, 4.69) is 41.5 Å². The molecule has 0 amide bonds. The summed E-state index contributed by atoms with van der Waals surface area (Å²) in [7, 11) is 0. The molecule has 0 bridgehead atoms. The minimum absolute atomic E-state index is 0.277. The molecule has 2 aromatic carbocycles. The first-order valence-corrected chi connectivity index (χ1v) is 7.36. The number of para-hydroxylation sites is 1. The first-order chi connectivity index (χ1) is 11.2. The van der Waals surface area contributed by atoms with Gasteiger partial charge in [-0.15, -0.1) is 5.10 Å². The number of ether oxygens (including phenoxy) is 1. The van der Waals surface area contributed by atoms with Crippen LogP contribution < -0.4 is 4.74 Å². The minimum atomic E-state index is 0.277. The smallest absolute Gasteiger partial charge is 0.153 e. The van der Waals surface area contributed by atoms with E-state index < -0.39 is 0 Å². The van der Waals surface area contributed by atoms with Gasteiger partial charge in [-0.1, -0.05) is 47.2 Å². The molecule has 0 aliphatic rings.